The molecule has 0 aliphatic rings. The Hall–Kier alpha value is -1.42. The largest absolute Gasteiger partial charge is 0.355 e. The van der Waals surface area contributed by atoms with E-state index in [1.54, 1.807) is 18.1 Å². The molecule has 8 heteroatoms. The first-order chi connectivity index (χ1) is 11.5. The maximum Gasteiger partial charge on any atom is 0.191 e. The van der Waals surface area contributed by atoms with Crippen molar-refractivity contribution in [1.82, 2.24) is 30.3 Å². The van der Waals surface area contributed by atoms with Crippen LogP contribution in [0.25, 0.3) is 0 Å². The summed E-state index contributed by atoms with van der Waals surface area (Å²) in [5.41, 5.74) is 0. The predicted molar refractivity (Wildman–Crippen MR) is 115 cm³/mol. The summed E-state index contributed by atoms with van der Waals surface area (Å²) in [7, 11) is 3.64. The molecule has 1 unspecified atom stereocenters. The van der Waals surface area contributed by atoms with Crippen molar-refractivity contribution in [2.75, 3.05) is 26.7 Å². The maximum absolute atomic E-state index is 4.28. The van der Waals surface area contributed by atoms with Gasteiger partial charge in [-0.15, -0.1) is 37.1 Å². The van der Waals surface area contributed by atoms with E-state index in [0.717, 1.165) is 31.4 Å². The molecule has 1 aromatic heterocycles. The van der Waals surface area contributed by atoms with Crippen LogP contribution in [0, 0.1) is 5.92 Å². The SMILES string of the molecule is C=CCN(CC=C)C(CNC(=NC)NCc1ncnn1C)C(C)C.I. The van der Waals surface area contributed by atoms with E-state index in [4.69, 9.17) is 0 Å². The van der Waals surface area contributed by atoms with E-state index in [0.29, 0.717) is 18.5 Å². The van der Waals surface area contributed by atoms with Gasteiger partial charge in [-0.3, -0.25) is 14.6 Å². The maximum atomic E-state index is 4.28. The van der Waals surface area contributed by atoms with Crippen LogP contribution in [-0.2, 0) is 13.6 Å². The lowest BCUT2D eigenvalue weighted by Crippen LogP contribution is -2.49. The standard InChI is InChI=1S/C17H31N7.HI/c1-7-9-24(10-8-2)15(14(3)4)11-19-17(18-5)20-12-16-21-13-22-23(16)6;/h7-8,13-15H,1-2,9-12H2,3-6H3,(H2,18,19,20);1H. The summed E-state index contributed by atoms with van der Waals surface area (Å²) < 4.78 is 1.74. The Morgan fingerprint density at radius 3 is 2.40 bits per heavy atom. The van der Waals surface area contributed by atoms with Gasteiger partial charge in [0.05, 0.1) is 6.54 Å². The quantitative estimate of drug-likeness (QED) is 0.241. The van der Waals surface area contributed by atoms with Gasteiger partial charge in [0.1, 0.15) is 12.2 Å². The first-order valence-corrected chi connectivity index (χ1v) is 8.26. The molecule has 25 heavy (non-hydrogen) atoms. The van der Waals surface area contributed by atoms with Crippen LogP contribution >= 0.6 is 24.0 Å². The summed E-state index contributed by atoms with van der Waals surface area (Å²) in [5.74, 6) is 2.10. The normalized spacial score (nSPS) is 12.6. The van der Waals surface area contributed by atoms with E-state index in [2.05, 4.69) is 57.6 Å². The zero-order valence-electron chi connectivity index (χ0n) is 15.8. The highest BCUT2D eigenvalue weighted by molar-refractivity contribution is 14.0. The van der Waals surface area contributed by atoms with Crippen molar-refractivity contribution in [3.05, 3.63) is 37.5 Å². The Morgan fingerprint density at radius 2 is 1.96 bits per heavy atom. The molecule has 2 N–H and O–H groups in total. The van der Waals surface area contributed by atoms with Crippen LogP contribution < -0.4 is 10.6 Å². The molecule has 0 spiro atoms. The molecule has 0 aliphatic heterocycles. The van der Waals surface area contributed by atoms with Gasteiger partial charge in [-0.1, -0.05) is 26.0 Å². The summed E-state index contributed by atoms with van der Waals surface area (Å²) in [6, 6.07) is 0.356. The van der Waals surface area contributed by atoms with E-state index in [9.17, 15) is 0 Å². The number of aromatic nitrogens is 3. The van der Waals surface area contributed by atoms with Crippen molar-refractivity contribution >= 4 is 29.9 Å². The second kappa shape index (κ2) is 12.9. The van der Waals surface area contributed by atoms with Crippen LogP contribution in [0.5, 0.6) is 0 Å². The monoisotopic (exact) mass is 461 g/mol. The van der Waals surface area contributed by atoms with Crippen molar-refractivity contribution in [3.63, 3.8) is 0 Å². The molecule has 1 aromatic rings. The zero-order chi connectivity index (χ0) is 17.9. The smallest absolute Gasteiger partial charge is 0.191 e. The van der Waals surface area contributed by atoms with Gasteiger partial charge in [-0.2, -0.15) is 5.10 Å². The van der Waals surface area contributed by atoms with Crippen molar-refractivity contribution in [2.45, 2.75) is 26.4 Å². The topological polar surface area (TPSA) is 70.4 Å². The molecular weight excluding hydrogens is 429 g/mol. The fourth-order valence-corrected chi connectivity index (χ4v) is 2.53. The third kappa shape index (κ3) is 8.00. The molecule has 0 saturated heterocycles. The summed E-state index contributed by atoms with van der Waals surface area (Å²) in [4.78, 5) is 10.8. The summed E-state index contributed by atoms with van der Waals surface area (Å²) in [6.45, 7) is 15.2. The molecule has 0 amide bonds. The van der Waals surface area contributed by atoms with Crippen LogP contribution in [0.3, 0.4) is 0 Å². The molecule has 142 valence electrons. The van der Waals surface area contributed by atoms with Gasteiger partial charge >= 0.3 is 0 Å². The van der Waals surface area contributed by atoms with Crippen molar-refractivity contribution in [2.24, 2.45) is 18.0 Å². The van der Waals surface area contributed by atoms with Crippen LogP contribution in [-0.4, -0.2) is 58.3 Å². The van der Waals surface area contributed by atoms with Crippen LogP contribution in [0.2, 0.25) is 0 Å². The third-order valence-electron chi connectivity index (χ3n) is 3.89. The highest BCUT2D eigenvalue weighted by atomic mass is 127. The van der Waals surface area contributed by atoms with Crippen molar-refractivity contribution < 1.29 is 0 Å². The molecule has 1 atom stereocenters. The number of nitrogens with zero attached hydrogens (tertiary/aromatic N) is 5. The van der Waals surface area contributed by atoms with Gasteiger partial charge in [0.25, 0.3) is 0 Å². The van der Waals surface area contributed by atoms with Crippen LogP contribution in [0.4, 0.5) is 0 Å². The Bertz CT molecular complexity index is 529. The van der Waals surface area contributed by atoms with E-state index in [-0.39, 0.29) is 24.0 Å². The molecule has 0 radical (unpaired) electrons. The molecule has 7 nitrogen and oxygen atoms in total. The highest BCUT2D eigenvalue weighted by Crippen LogP contribution is 2.10. The fourth-order valence-electron chi connectivity index (χ4n) is 2.53. The zero-order valence-corrected chi connectivity index (χ0v) is 18.1. The molecule has 0 bridgehead atoms. The number of aliphatic imine (C=N–C) groups is 1. The van der Waals surface area contributed by atoms with Crippen molar-refractivity contribution in [1.29, 1.82) is 0 Å². The lowest BCUT2D eigenvalue weighted by atomic mass is 10.0. The summed E-state index contributed by atoms with van der Waals surface area (Å²) >= 11 is 0. The number of hydrogen-bond acceptors (Lipinski definition) is 4. The molecular formula is C17H32IN7. The van der Waals surface area contributed by atoms with Gasteiger partial charge in [-0.05, 0) is 5.92 Å². The van der Waals surface area contributed by atoms with E-state index in [1.165, 1.54) is 0 Å². The number of hydrogen-bond donors (Lipinski definition) is 2. The first-order valence-electron chi connectivity index (χ1n) is 8.26. The average molecular weight is 461 g/mol. The van der Waals surface area contributed by atoms with Crippen molar-refractivity contribution in [3.8, 4) is 0 Å². The second-order valence-corrected chi connectivity index (χ2v) is 5.95. The van der Waals surface area contributed by atoms with E-state index < -0.39 is 0 Å². The number of rotatable bonds is 10. The molecule has 1 rings (SSSR count). The number of guanidine groups is 1. The minimum absolute atomic E-state index is 0. The Morgan fingerprint density at radius 1 is 1.32 bits per heavy atom. The molecule has 0 aromatic carbocycles. The lowest BCUT2D eigenvalue weighted by Gasteiger charge is -2.33. The molecule has 1 heterocycles. The van der Waals surface area contributed by atoms with Crippen LogP contribution in [0.1, 0.15) is 19.7 Å². The number of nitrogens with one attached hydrogen (secondary N) is 2. The predicted octanol–water partition coefficient (Wildman–Crippen LogP) is 1.80. The Balaban J connectivity index is 0.00000576. The molecule has 0 saturated carbocycles. The Kier molecular flexibility index (Phi) is 12.1. The minimum Gasteiger partial charge on any atom is -0.355 e. The molecule has 0 fully saturated rings. The summed E-state index contributed by atoms with van der Waals surface area (Å²) in [6.07, 6.45) is 5.41. The lowest BCUT2D eigenvalue weighted by molar-refractivity contribution is 0.190. The Labute approximate surface area is 168 Å². The van der Waals surface area contributed by atoms with Crippen LogP contribution in [0.15, 0.2) is 36.6 Å². The van der Waals surface area contributed by atoms with Gasteiger partial charge in [0, 0.05) is 39.8 Å². The van der Waals surface area contributed by atoms with Gasteiger partial charge in [0.2, 0.25) is 0 Å². The average Bonchev–Trinajstić information content (AvgIpc) is 2.95. The molecule has 0 aliphatic carbocycles. The van der Waals surface area contributed by atoms with E-state index in [1.807, 2.05) is 19.2 Å². The van der Waals surface area contributed by atoms with E-state index >= 15 is 0 Å². The van der Waals surface area contributed by atoms with Gasteiger partial charge in [-0.25, -0.2) is 4.98 Å². The van der Waals surface area contributed by atoms with Gasteiger partial charge in [0.15, 0.2) is 5.96 Å². The first kappa shape index (κ1) is 23.6. The van der Waals surface area contributed by atoms with Gasteiger partial charge < -0.3 is 10.6 Å². The highest BCUT2D eigenvalue weighted by Gasteiger charge is 2.20. The fraction of sp³-hybridized carbons (Fsp3) is 0.588. The number of aryl methyl sites for hydroxylation is 1. The third-order valence-corrected chi connectivity index (χ3v) is 3.89. The summed E-state index contributed by atoms with van der Waals surface area (Å²) in [5, 5.41) is 10.7. The minimum atomic E-state index is 0. The number of halogens is 1. The second-order valence-electron chi connectivity index (χ2n) is 5.95.